The number of fused-ring (bicyclic) bond motifs is 3. The standard InChI is InChI=1S/C20H19F3N4O4/c1-25-14-8-7-12(24-19(31)20(21,22)23)15(11-5-3-2-4-6-11)27(14)26-10-9-13(28)17(29)16(26)18(25)30/h2-6,9-10,12,14-15,29H,7-8H2,1H3,(H,24,31). The predicted molar refractivity (Wildman–Crippen MR) is 103 cm³/mol. The second kappa shape index (κ2) is 7.33. The summed E-state index contributed by atoms with van der Waals surface area (Å²) in [5.41, 5.74) is -0.428. The molecule has 8 nitrogen and oxygen atoms in total. The topological polar surface area (TPSA) is 94.9 Å². The third-order valence-electron chi connectivity index (χ3n) is 5.70. The molecule has 3 atom stereocenters. The van der Waals surface area contributed by atoms with E-state index in [0.717, 1.165) is 6.07 Å². The summed E-state index contributed by atoms with van der Waals surface area (Å²) >= 11 is 0. The SMILES string of the molecule is CN1C(=O)c2c(O)c(=O)ccn2N2C(c3ccccc3)C(NC(=O)C(F)(F)F)CCC12. The number of rotatable bonds is 2. The van der Waals surface area contributed by atoms with Crippen molar-refractivity contribution in [3.05, 3.63) is 64.1 Å². The maximum absolute atomic E-state index is 13.0. The smallest absolute Gasteiger partial charge is 0.471 e. The number of carbonyl (C=O) groups is 2. The zero-order valence-electron chi connectivity index (χ0n) is 16.3. The first-order valence-corrected chi connectivity index (χ1v) is 9.54. The largest absolute Gasteiger partial charge is 0.502 e. The molecule has 2 amide bonds. The minimum Gasteiger partial charge on any atom is -0.502 e. The molecule has 1 fully saturated rings. The molecule has 0 spiro atoms. The molecule has 1 aromatic heterocycles. The molecular weight excluding hydrogens is 417 g/mol. The maximum atomic E-state index is 13.0. The van der Waals surface area contributed by atoms with Crippen LogP contribution in [0.15, 0.2) is 47.4 Å². The van der Waals surface area contributed by atoms with Crippen LogP contribution in [0, 0.1) is 0 Å². The number of halogens is 3. The number of alkyl halides is 3. The molecule has 2 aromatic rings. The lowest BCUT2D eigenvalue weighted by Crippen LogP contribution is -2.67. The summed E-state index contributed by atoms with van der Waals surface area (Å²) in [5, 5.41) is 14.0. The van der Waals surface area contributed by atoms with Crippen molar-refractivity contribution in [2.75, 3.05) is 12.1 Å². The van der Waals surface area contributed by atoms with Crippen molar-refractivity contribution in [3.63, 3.8) is 0 Å². The molecule has 4 rings (SSSR count). The molecule has 164 valence electrons. The fraction of sp³-hybridized carbons (Fsp3) is 0.350. The molecule has 2 N–H and O–H groups in total. The first-order chi connectivity index (χ1) is 14.6. The quantitative estimate of drug-likeness (QED) is 0.744. The molecule has 1 saturated heterocycles. The van der Waals surface area contributed by atoms with Crippen LogP contribution in [0.4, 0.5) is 13.2 Å². The van der Waals surface area contributed by atoms with Gasteiger partial charge in [0.1, 0.15) is 6.17 Å². The van der Waals surface area contributed by atoms with Crippen molar-refractivity contribution in [1.29, 1.82) is 0 Å². The summed E-state index contributed by atoms with van der Waals surface area (Å²) in [4.78, 5) is 37.8. The minimum absolute atomic E-state index is 0.182. The number of carbonyl (C=O) groups excluding carboxylic acids is 2. The number of nitrogens with one attached hydrogen (secondary N) is 1. The van der Waals surface area contributed by atoms with E-state index in [1.165, 1.54) is 22.8 Å². The highest BCUT2D eigenvalue weighted by atomic mass is 19.4. The van der Waals surface area contributed by atoms with Gasteiger partial charge in [-0.25, -0.2) is 0 Å². The molecular formula is C20H19F3N4O4. The Labute approximate surface area is 174 Å². The normalized spacial score (nSPS) is 23.2. The molecule has 11 heteroatoms. The number of aromatic nitrogens is 1. The average molecular weight is 436 g/mol. The van der Waals surface area contributed by atoms with E-state index in [1.807, 2.05) is 0 Å². The summed E-state index contributed by atoms with van der Waals surface area (Å²) in [5.74, 6) is -3.38. The Morgan fingerprint density at radius 3 is 2.45 bits per heavy atom. The maximum Gasteiger partial charge on any atom is 0.471 e. The van der Waals surface area contributed by atoms with Crippen molar-refractivity contribution < 1.29 is 27.9 Å². The highest BCUT2D eigenvalue weighted by molar-refractivity contribution is 5.96. The van der Waals surface area contributed by atoms with E-state index in [-0.39, 0.29) is 18.5 Å². The van der Waals surface area contributed by atoms with Crippen molar-refractivity contribution in [2.24, 2.45) is 0 Å². The van der Waals surface area contributed by atoms with Gasteiger partial charge in [-0.05, 0) is 18.4 Å². The van der Waals surface area contributed by atoms with Crippen LogP contribution in [0.5, 0.6) is 5.75 Å². The summed E-state index contributed by atoms with van der Waals surface area (Å²) < 4.78 is 40.2. The van der Waals surface area contributed by atoms with Gasteiger partial charge in [-0.2, -0.15) is 13.2 Å². The van der Waals surface area contributed by atoms with E-state index in [9.17, 15) is 32.7 Å². The van der Waals surface area contributed by atoms with E-state index < -0.39 is 47.4 Å². The number of piperidine rings is 1. The third-order valence-corrected chi connectivity index (χ3v) is 5.70. The van der Waals surface area contributed by atoms with Gasteiger partial charge in [0.2, 0.25) is 5.43 Å². The van der Waals surface area contributed by atoms with Gasteiger partial charge in [0.15, 0.2) is 11.4 Å². The van der Waals surface area contributed by atoms with Gasteiger partial charge in [0, 0.05) is 19.3 Å². The fourth-order valence-corrected chi connectivity index (χ4v) is 4.28. The molecule has 2 aliphatic rings. The van der Waals surface area contributed by atoms with Crippen LogP contribution in [-0.4, -0.2) is 51.9 Å². The van der Waals surface area contributed by atoms with Gasteiger partial charge in [0.25, 0.3) is 5.91 Å². The van der Waals surface area contributed by atoms with Gasteiger partial charge >= 0.3 is 12.1 Å². The van der Waals surface area contributed by atoms with Crippen LogP contribution in [-0.2, 0) is 4.79 Å². The third kappa shape index (κ3) is 3.39. The summed E-state index contributed by atoms with van der Waals surface area (Å²) in [6.07, 6.45) is -3.86. The fourth-order valence-electron chi connectivity index (χ4n) is 4.28. The predicted octanol–water partition coefficient (Wildman–Crippen LogP) is 1.49. The molecule has 31 heavy (non-hydrogen) atoms. The highest BCUT2D eigenvalue weighted by Crippen LogP contribution is 2.38. The van der Waals surface area contributed by atoms with Crippen molar-refractivity contribution in [1.82, 2.24) is 14.9 Å². The van der Waals surface area contributed by atoms with Crippen LogP contribution in [0.1, 0.15) is 34.9 Å². The monoisotopic (exact) mass is 436 g/mol. The van der Waals surface area contributed by atoms with Crippen LogP contribution in [0.25, 0.3) is 0 Å². The lowest BCUT2D eigenvalue weighted by molar-refractivity contribution is -0.174. The first-order valence-electron chi connectivity index (χ1n) is 9.54. The molecule has 3 heterocycles. The summed E-state index contributed by atoms with van der Waals surface area (Å²) in [6.45, 7) is 0. The van der Waals surface area contributed by atoms with Crippen LogP contribution >= 0.6 is 0 Å². The van der Waals surface area contributed by atoms with E-state index in [0.29, 0.717) is 5.56 Å². The Hall–Kier alpha value is -3.50. The van der Waals surface area contributed by atoms with Crippen LogP contribution in [0.2, 0.25) is 0 Å². The van der Waals surface area contributed by atoms with Gasteiger partial charge in [-0.15, -0.1) is 0 Å². The second-order valence-electron chi connectivity index (χ2n) is 7.51. The van der Waals surface area contributed by atoms with Crippen LogP contribution < -0.4 is 15.8 Å². The number of amides is 2. The number of aromatic hydroxyl groups is 1. The van der Waals surface area contributed by atoms with Crippen LogP contribution in [0.3, 0.4) is 0 Å². The van der Waals surface area contributed by atoms with E-state index in [1.54, 1.807) is 35.3 Å². The van der Waals surface area contributed by atoms with Crippen molar-refractivity contribution in [3.8, 4) is 5.75 Å². The second-order valence-corrected chi connectivity index (χ2v) is 7.51. The lowest BCUT2D eigenvalue weighted by Gasteiger charge is -2.53. The highest BCUT2D eigenvalue weighted by Gasteiger charge is 2.49. The number of pyridine rings is 1. The number of nitrogens with zero attached hydrogens (tertiary/aromatic N) is 3. The average Bonchev–Trinajstić information content (AvgIpc) is 2.73. The summed E-state index contributed by atoms with van der Waals surface area (Å²) in [6, 6.07) is 7.92. The Morgan fingerprint density at radius 2 is 1.81 bits per heavy atom. The Morgan fingerprint density at radius 1 is 1.13 bits per heavy atom. The van der Waals surface area contributed by atoms with E-state index >= 15 is 0 Å². The molecule has 2 aliphatic heterocycles. The molecule has 3 unspecified atom stereocenters. The first kappa shape index (κ1) is 20.8. The van der Waals surface area contributed by atoms with E-state index in [2.05, 4.69) is 5.32 Å². The zero-order valence-corrected chi connectivity index (χ0v) is 16.3. The molecule has 0 aliphatic carbocycles. The minimum atomic E-state index is -5.05. The van der Waals surface area contributed by atoms with Gasteiger partial charge in [-0.1, -0.05) is 30.3 Å². The molecule has 0 bridgehead atoms. The Bertz CT molecular complexity index is 1090. The Balaban J connectivity index is 1.87. The zero-order chi connectivity index (χ0) is 22.5. The molecule has 1 aromatic carbocycles. The van der Waals surface area contributed by atoms with Gasteiger partial charge < -0.3 is 15.3 Å². The van der Waals surface area contributed by atoms with Gasteiger partial charge in [0.05, 0.1) is 12.1 Å². The van der Waals surface area contributed by atoms with Crippen molar-refractivity contribution in [2.45, 2.75) is 37.3 Å². The number of hydrogen-bond donors (Lipinski definition) is 2. The lowest BCUT2D eigenvalue weighted by atomic mass is 9.89. The molecule has 0 radical (unpaired) electrons. The summed E-state index contributed by atoms with van der Waals surface area (Å²) in [7, 11) is 1.50. The molecule has 0 saturated carbocycles. The van der Waals surface area contributed by atoms with Crippen molar-refractivity contribution >= 4 is 11.8 Å². The van der Waals surface area contributed by atoms with E-state index in [4.69, 9.17) is 0 Å². The Kier molecular flexibility index (Phi) is 4.91. The number of hydrogen-bond acceptors (Lipinski definition) is 5. The van der Waals surface area contributed by atoms with Gasteiger partial charge in [-0.3, -0.25) is 24.1 Å². The number of benzene rings is 1.